The Hall–Kier alpha value is -1.77. The predicted octanol–water partition coefficient (Wildman–Crippen LogP) is 1.64. The molecule has 2 aliphatic heterocycles. The summed E-state index contributed by atoms with van der Waals surface area (Å²) in [5, 5.41) is 14.7. The highest BCUT2D eigenvalue weighted by Crippen LogP contribution is 2.44. The topological polar surface area (TPSA) is 83.3 Å². The van der Waals surface area contributed by atoms with Gasteiger partial charge in [-0.05, 0) is 32.6 Å². The summed E-state index contributed by atoms with van der Waals surface area (Å²) >= 11 is 1.48. The Morgan fingerprint density at radius 1 is 1.40 bits per heavy atom. The van der Waals surface area contributed by atoms with Gasteiger partial charge in [0.25, 0.3) is 0 Å². The first-order valence-corrected chi connectivity index (χ1v) is 9.44. The third-order valence-corrected chi connectivity index (χ3v) is 6.18. The fraction of sp³-hybridized carbons (Fsp3) is 0.588. The number of imidazole rings is 1. The van der Waals surface area contributed by atoms with Crippen LogP contribution in [0.3, 0.4) is 0 Å². The molecule has 25 heavy (non-hydrogen) atoms. The predicted molar refractivity (Wildman–Crippen MR) is 95.3 cm³/mol. The number of amides is 1. The van der Waals surface area contributed by atoms with Crippen molar-refractivity contribution < 1.29 is 9.90 Å². The van der Waals surface area contributed by atoms with Crippen molar-refractivity contribution in [3.8, 4) is 0 Å². The van der Waals surface area contributed by atoms with E-state index in [9.17, 15) is 9.90 Å². The summed E-state index contributed by atoms with van der Waals surface area (Å²) in [5.74, 6) is 0.695. The molecule has 7 nitrogen and oxygen atoms in total. The van der Waals surface area contributed by atoms with Gasteiger partial charge >= 0.3 is 0 Å². The van der Waals surface area contributed by atoms with E-state index >= 15 is 0 Å². The van der Waals surface area contributed by atoms with Crippen molar-refractivity contribution in [2.24, 2.45) is 7.05 Å². The van der Waals surface area contributed by atoms with Gasteiger partial charge in [-0.25, -0.2) is 9.97 Å². The van der Waals surface area contributed by atoms with Gasteiger partial charge in [-0.2, -0.15) is 0 Å². The Kier molecular flexibility index (Phi) is 4.13. The zero-order valence-corrected chi connectivity index (χ0v) is 15.3. The Labute approximate surface area is 150 Å². The zero-order valence-electron chi connectivity index (χ0n) is 14.5. The molecule has 2 aromatic heterocycles. The normalized spacial score (nSPS) is 29.1. The van der Waals surface area contributed by atoms with Crippen LogP contribution in [0.2, 0.25) is 0 Å². The number of thiazole rings is 1. The molecule has 8 heteroatoms. The maximum atomic E-state index is 12.4. The minimum Gasteiger partial charge on any atom is -0.382 e. The van der Waals surface area contributed by atoms with Crippen LogP contribution < -0.4 is 5.32 Å². The monoisotopic (exact) mass is 361 g/mol. The van der Waals surface area contributed by atoms with Crippen molar-refractivity contribution in [2.45, 2.75) is 50.3 Å². The maximum Gasteiger partial charge on any atom is 0.240 e. The van der Waals surface area contributed by atoms with Crippen LogP contribution in [0.15, 0.2) is 18.6 Å². The lowest BCUT2D eigenvalue weighted by atomic mass is 9.85. The zero-order chi connectivity index (χ0) is 17.6. The highest BCUT2D eigenvalue weighted by molar-refractivity contribution is 7.15. The van der Waals surface area contributed by atoms with E-state index in [0.29, 0.717) is 24.5 Å². The Balaban J connectivity index is 1.44. The summed E-state index contributed by atoms with van der Waals surface area (Å²) in [6, 6.07) is 0.425. The highest BCUT2D eigenvalue weighted by Gasteiger charge is 2.50. The molecule has 2 bridgehead atoms. The van der Waals surface area contributed by atoms with Gasteiger partial charge in [0.15, 0.2) is 5.13 Å². The van der Waals surface area contributed by atoms with E-state index in [-0.39, 0.29) is 18.0 Å². The summed E-state index contributed by atoms with van der Waals surface area (Å²) < 4.78 is 1.90. The second-order valence-corrected chi connectivity index (χ2v) is 8.42. The van der Waals surface area contributed by atoms with Crippen molar-refractivity contribution in [3.05, 3.63) is 29.3 Å². The molecule has 0 unspecified atom stereocenters. The number of aryl methyl sites for hydroxylation is 2. The van der Waals surface area contributed by atoms with Crippen LogP contribution in [0.1, 0.15) is 36.4 Å². The molecule has 0 saturated carbocycles. The number of carbonyl (C=O) groups is 1. The number of anilines is 1. The first-order valence-electron chi connectivity index (χ1n) is 8.63. The molecule has 134 valence electrons. The molecule has 1 amide bonds. The van der Waals surface area contributed by atoms with Crippen molar-refractivity contribution >= 4 is 22.4 Å². The van der Waals surface area contributed by atoms with Crippen molar-refractivity contribution in [3.63, 3.8) is 0 Å². The van der Waals surface area contributed by atoms with Gasteiger partial charge < -0.3 is 15.0 Å². The van der Waals surface area contributed by atoms with Gasteiger partial charge in [0.05, 0.1) is 6.54 Å². The van der Waals surface area contributed by atoms with Crippen LogP contribution in [0.5, 0.6) is 0 Å². The summed E-state index contributed by atoms with van der Waals surface area (Å²) in [7, 11) is 1.91. The molecule has 2 saturated heterocycles. The van der Waals surface area contributed by atoms with Crippen LogP contribution in [0, 0.1) is 6.92 Å². The average molecular weight is 361 g/mol. The SMILES string of the molecule is Cc1cnc(NC(=O)CN2[C@@H]3CC[C@@H]2CC(O)(c2nccn2C)C3)s1. The largest absolute Gasteiger partial charge is 0.382 e. The van der Waals surface area contributed by atoms with Gasteiger partial charge in [0.1, 0.15) is 11.4 Å². The number of fused-ring (bicyclic) bond motifs is 2. The van der Waals surface area contributed by atoms with E-state index in [4.69, 9.17) is 0 Å². The van der Waals surface area contributed by atoms with E-state index in [2.05, 4.69) is 20.2 Å². The van der Waals surface area contributed by atoms with Crippen molar-refractivity contribution in [2.75, 3.05) is 11.9 Å². The highest BCUT2D eigenvalue weighted by atomic mass is 32.1. The van der Waals surface area contributed by atoms with Crippen molar-refractivity contribution in [1.82, 2.24) is 19.4 Å². The number of carbonyl (C=O) groups excluding carboxylic acids is 1. The molecule has 2 fully saturated rings. The minimum absolute atomic E-state index is 0.0336. The number of rotatable bonds is 4. The lowest BCUT2D eigenvalue weighted by Gasteiger charge is -2.43. The molecular formula is C17H23N5O2S. The summed E-state index contributed by atoms with van der Waals surface area (Å²) in [6.07, 6.45) is 8.63. The molecule has 0 aromatic carbocycles. The number of nitrogens with one attached hydrogen (secondary N) is 1. The van der Waals surface area contributed by atoms with E-state index in [1.807, 2.05) is 24.7 Å². The molecule has 4 heterocycles. The number of hydrogen-bond donors (Lipinski definition) is 2. The lowest BCUT2D eigenvalue weighted by Crippen LogP contribution is -2.52. The fourth-order valence-electron chi connectivity index (χ4n) is 4.31. The lowest BCUT2D eigenvalue weighted by molar-refractivity contribution is -0.121. The van der Waals surface area contributed by atoms with E-state index in [1.54, 1.807) is 12.4 Å². The van der Waals surface area contributed by atoms with Crippen LogP contribution >= 0.6 is 11.3 Å². The molecule has 4 rings (SSSR count). The molecule has 0 spiro atoms. The molecule has 2 aromatic rings. The van der Waals surface area contributed by atoms with E-state index < -0.39 is 5.60 Å². The summed E-state index contributed by atoms with van der Waals surface area (Å²) in [5.41, 5.74) is -0.899. The second-order valence-electron chi connectivity index (χ2n) is 7.18. The maximum absolute atomic E-state index is 12.4. The van der Waals surface area contributed by atoms with Crippen LogP contribution in [0.25, 0.3) is 0 Å². The molecule has 2 atom stereocenters. The molecule has 2 aliphatic rings. The summed E-state index contributed by atoms with van der Waals surface area (Å²) in [4.78, 5) is 24.3. The average Bonchev–Trinajstić information content (AvgIpc) is 3.21. The third-order valence-electron chi connectivity index (χ3n) is 5.35. The van der Waals surface area contributed by atoms with Crippen LogP contribution in [-0.4, -0.2) is 49.1 Å². The number of hydrogen-bond acceptors (Lipinski definition) is 6. The standard InChI is InChI=1S/C17H23N5O2S/c1-11-9-19-16(25-11)20-14(23)10-22-12-3-4-13(22)8-17(24,7-12)15-18-5-6-21(15)2/h5-6,9,12-13,24H,3-4,7-8,10H2,1-2H3,(H,19,20,23)/t12-,13-/m1/s1. The number of piperidine rings is 1. The van der Waals surface area contributed by atoms with Gasteiger partial charge in [-0.1, -0.05) is 0 Å². The fourth-order valence-corrected chi connectivity index (χ4v) is 4.99. The Bertz CT molecular complexity index is 772. The van der Waals surface area contributed by atoms with Gasteiger partial charge in [0.2, 0.25) is 5.91 Å². The molecule has 0 radical (unpaired) electrons. The van der Waals surface area contributed by atoms with Crippen LogP contribution in [0.4, 0.5) is 5.13 Å². The smallest absolute Gasteiger partial charge is 0.240 e. The van der Waals surface area contributed by atoms with Crippen molar-refractivity contribution in [1.29, 1.82) is 0 Å². The Morgan fingerprint density at radius 2 is 2.12 bits per heavy atom. The molecular weight excluding hydrogens is 338 g/mol. The number of aromatic nitrogens is 3. The first-order chi connectivity index (χ1) is 11.9. The number of aliphatic hydroxyl groups is 1. The minimum atomic E-state index is -0.899. The Morgan fingerprint density at radius 3 is 2.68 bits per heavy atom. The van der Waals surface area contributed by atoms with Gasteiger partial charge in [-0.15, -0.1) is 11.3 Å². The second kappa shape index (κ2) is 6.19. The van der Waals surface area contributed by atoms with E-state index in [1.165, 1.54) is 11.3 Å². The first kappa shape index (κ1) is 16.7. The quantitative estimate of drug-likeness (QED) is 0.865. The van der Waals surface area contributed by atoms with Gasteiger partial charge in [0, 0.05) is 42.6 Å². The van der Waals surface area contributed by atoms with E-state index in [0.717, 1.165) is 23.5 Å². The third kappa shape index (κ3) is 3.09. The summed E-state index contributed by atoms with van der Waals surface area (Å²) in [6.45, 7) is 2.32. The molecule has 0 aliphatic carbocycles. The van der Waals surface area contributed by atoms with Crippen LogP contribution in [-0.2, 0) is 17.4 Å². The number of nitrogens with zero attached hydrogens (tertiary/aromatic N) is 4. The molecule has 2 N–H and O–H groups in total. The van der Waals surface area contributed by atoms with Gasteiger partial charge in [-0.3, -0.25) is 9.69 Å².